The highest BCUT2D eigenvalue weighted by Gasteiger charge is 2.22. The molecule has 3 N–H and O–H groups in total. The molecule has 9 nitrogen and oxygen atoms in total. The molecule has 7 rings (SSSR count). The van der Waals surface area contributed by atoms with Gasteiger partial charge >= 0.3 is 0 Å². The zero-order chi connectivity index (χ0) is 27.9. The standard InChI is InChI=1S/C30H18F2N8O/c31-19-8-6-16(7-9-19)21-10-11-34-28-26(21)37-29(38-28)27-23-22(39-40-27)15-35-25(24(23)32)18-12-20(14-33-13-18)36-30(41)17-4-2-1-3-5-17/h1-15H,(H,36,41)(H,39,40)(H,34,37,38). The molecule has 0 bridgehead atoms. The predicted octanol–water partition coefficient (Wildman–Crippen LogP) is 6.16. The van der Waals surface area contributed by atoms with Crippen LogP contribution in [0.2, 0.25) is 0 Å². The van der Waals surface area contributed by atoms with Gasteiger partial charge in [0.25, 0.3) is 5.91 Å². The van der Waals surface area contributed by atoms with Crippen molar-refractivity contribution in [1.82, 2.24) is 35.1 Å². The number of aromatic amines is 2. The summed E-state index contributed by atoms with van der Waals surface area (Å²) in [6.45, 7) is 0. The molecule has 0 atom stereocenters. The number of nitrogens with one attached hydrogen (secondary N) is 3. The number of pyridine rings is 3. The Balaban J connectivity index is 1.28. The van der Waals surface area contributed by atoms with Gasteiger partial charge in [-0.25, -0.2) is 18.7 Å². The minimum Gasteiger partial charge on any atom is -0.321 e. The SMILES string of the molecule is O=C(Nc1cncc(-c2ncc3[nH]nc(-c4nc5c(-c6ccc(F)cc6)ccnc5[nH]4)c3c2F)c1)c1ccccc1. The molecule has 0 saturated heterocycles. The fourth-order valence-electron chi connectivity index (χ4n) is 4.66. The Bertz CT molecular complexity index is 2070. The average molecular weight is 545 g/mol. The van der Waals surface area contributed by atoms with E-state index in [1.54, 1.807) is 54.7 Å². The highest BCUT2D eigenvalue weighted by atomic mass is 19.1. The van der Waals surface area contributed by atoms with Crippen molar-refractivity contribution in [2.24, 2.45) is 0 Å². The normalized spacial score (nSPS) is 11.3. The number of carbonyl (C=O) groups excluding carboxylic acids is 1. The molecule has 2 aromatic carbocycles. The van der Waals surface area contributed by atoms with Gasteiger partial charge in [-0.3, -0.25) is 19.9 Å². The van der Waals surface area contributed by atoms with Crippen molar-refractivity contribution in [3.05, 3.63) is 109 Å². The number of hydrogen-bond acceptors (Lipinski definition) is 6. The van der Waals surface area contributed by atoms with Crippen molar-refractivity contribution in [3.63, 3.8) is 0 Å². The van der Waals surface area contributed by atoms with Gasteiger partial charge in [0.1, 0.15) is 22.7 Å². The van der Waals surface area contributed by atoms with Crippen LogP contribution in [0, 0.1) is 11.6 Å². The van der Waals surface area contributed by atoms with Crippen LogP contribution in [0.5, 0.6) is 0 Å². The summed E-state index contributed by atoms with van der Waals surface area (Å²) in [6.07, 6.45) is 6.04. The number of rotatable bonds is 5. The van der Waals surface area contributed by atoms with Crippen molar-refractivity contribution < 1.29 is 13.6 Å². The van der Waals surface area contributed by atoms with Gasteiger partial charge in [0.2, 0.25) is 0 Å². The molecule has 0 aliphatic rings. The molecule has 0 radical (unpaired) electrons. The first-order valence-electron chi connectivity index (χ1n) is 12.5. The second-order valence-electron chi connectivity index (χ2n) is 9.21. The number of amides is 1. The Labute approximate surface area is 230 Å². The molecule has 11 heteroatoms. The molecular weight excluding hydrogens is 526 g/mol. The lowest BCUT2D eigenvalue weighted by molar-refractivity contribution is 0.102. The van der Waals surface area contributed by atoms with Gasteiger partial charge in [-0.1, -0.05) is 30.3 Å². The lowest BCUT2D eigenvalue weighted by Gasteiger charge is -2.08. The Kier molecular flexibility index (Phi) is 5.74. The molecule has 41 heavy (non-hydrogen) atoms. The van der Waals surface area contributed by atoms with E-state index in [9.17, 15) is 9.18 Å². The van der Waals surface area contributed by atoms with Gasteiger partial charge in [0.15, 0.2) is 17.3 Å². The van der Waals surface area contributed by atoms with Crippen LogP contribution in [-0.2, 0) is 0 Å². The summed E-state index contributed by atoms with van der Waals surface area (Å²) in [6, 6.07) is 18.2. The number of anilines is 1. The molecule has 5 aromatic heterocycles. The van der Waals surface area contributed by atoms with E-state index in [1.165, 1.54) is 30.7 Å². The summed E-state index contributed by atoms with van der Waals surface area (Å²) in [7, 11) is 0. The highest BCUT2D eigenvalue weighted by molar-refractivity contribution is 6.04. The molecule has 1 amide bonds. The van der Waals surface area contributed by atoms with Crippen molar-refractivity contribution >= 4 is 33.7 Å². The number of hydrogen-bond donors (Lipinski definition) is 3. The molecule has 0 spiro atoms. The number of aromatic nitrogens is 7. The van der Waals surface area contributed by atoms with E-state index in [4.69, 9.17) is 0 Å². The van der Waals surface area contributed by atoms with Crippen molar-refractivity contribution in [2.75, 3.05) is 5.32 Å². The number of benzene rings is 2. The highest BCUT2D eigenvalue weighted by Crippen LogP contribution is 2.34. The predicted molar refractivity (Wildman–Crippen MR) is 150 cm³/mol. The number of carbonyl (C=O) groups is 1. The summed E-state index contributed by atoms with van der Waals surface area (Å²) in [5.41, 5.74) is 4.38. The average Bonchev–Trinajstić information content (AvgIpc) is 3.63. The van der Waals surface area contributed by atoms with Gasteiger partial charge in [0, 0.05) is 29.1 Å². The quantitative estimate of drug-likeness (QED) is 0.239. The third-order valence-corrected chi connectivity index (χ3v) is 6.61. The maximum absolute atomic E-state index is 16.1. The van der Waals surface area contributed by atoms with E-state index in [1.807, 2.05) is 6.07 Å². The fourth-order valence-corrected chi connectivity index (χ4v) is 4.66. The molecule has 7 aromatic rings. The van der Waals surface area contributed by atoms with Crippen LogP contribution < -0.4 is 5.32 Å². The molecule has 0 aliphatic heterocycles. The topological polar surface area (TPSA) is 125 Å². The Morgan fingerprint density at radius 2 is 1.68 bits per heavy atom. The summed E-state index contributed by atoms with van der Waals surface area (Å²) in [5, 5.41) is 10.1. The van der Waals surface area contributed by atoms with Crippen LogP contribution in [-0.4, -0.2) is 41.0 Å². The van der Waals surface area contributed by atoms with Crippen LogP contribution in [0.3, 0.4) is 0 Å². The maximum Gasteiger partial charge on any atom is 0.255 e. The summed E-state index contributed by atoms with van der Waals surface area (Å²) >= 11 is 0. The van der Waals surface area contributed by atoms with Crippen LogP contribution in [0.25, 0.3) is 56.0 Å². The zero-order valence-corrected chi connectivity index (χ0v) is 21.1. The molecule has 0 saturated carbocycles. The van der Waals surface area contributed by atoms with Crippen molar-refractivity contribution in [1.29, 1.82) is 0 Å². The lowest BCUT2D eigenvalue weighted by Crippen LogP contribution is -2.11. The minimum atomic E-state index is -0.633. The smallest absolute Gasteiger partial charge is 0.255 e. The van der Waals surface area contributed by atoms with Crippen LogP contribution >= 0.6 is 0 Å². The first kappa shape index (κ1) is 24.2. The zero-order valence-electron chi connectivity index (χ0n) is 21.1. The number of imidazole rings is 1. The van der Waals surface area contributed by atoms with E-state index in [2.05, 4.69) is 40.4 Å². The van der Waals surface area contributed by atoms with E-state index in [0.717, 1.165) is 11.1 Å². The molecule has 0 aliphatic carbocycles. The van der Waals surface area contributed by atoms with Gasteiger partial charge in [-0.2, -0.15) is 5.10 Å². The summed E-state index contributed by atoms with van der Waals surface area (Å²) in [5.74, 6) is -0.994. The van der Waals surface area contributed by atoms with Gasteiger partial charge in [0.05, 0.1) is 29.0 Å². The fraction of sp³-hybridized carbons (Fsp3) is 0. The van der Waals surface area contributed by atoms with E-state index < -0.39 is 5.82 Å². The number of H-pyrrole nitrogens is 2. The number of halogens is 2. The monoisotopic (exact) mass is 544 g/mol. The second kappa shape index (κ2) is 9.72. The van der Waals surface area contributed by atoms with Crippen LogP contribution in [0.4, 0.5) is 14.5 Å². The number of fused-ring (bicyclic) bond motifs is 2. The van der Waals surface area contributed by atoms with Crippen molar-refractivity contribution in [2.45, 2.75) is 0 Å². The van der Waals surface area contributed by atoms with Gasteiger partial charge in [-0.15, -0.1) is 0 Å². The third kappa shape index (κ3) is 4.35. The van der Waals surface area contributed by atoms with Crippen LogP contribution in [0.1, 0.15) is 10.4 Å². The first-order valence-corrected chi connectivity index (χ1v) is 12.5. The molecule has 198 valence electrons. The minimum absolute atomic E-state index is 0.0321. The largest absolute Gasteiger partial charge is 0.321 e. The first-order chi connectivity index (χ1) is 20.0. The molecular formula is C30H18F2N8O. The molecule has 0 fully saturated rings. The van der Waals surface area contributed by atoms with Gasteiger partial charge in [-0.05, 0) is 42.0 Å². The van der Waals surface area contributed by atoms with E-state index in [0.29, 0.717) is 39.3 Å². The Morgan fingerprint density at radius 1 is 0.854 bits per heavy atom. The second-order valence-corrected chi connectivity index (χ2v) is 9.21. The summed E-state index contributed by atoms with van der Waals surface area (Å²) < 4.78 is 29.6. The maximum atomic E-state index is 16.1. The van der Waals surface area contributed by atoms with Gasteiger partial charge < -0.3 is 10.3 Å². The number of nitrogens with zero attached hydrogens (tertiary/aromatic N) is 5. The van der Waals surface area contributed by atoms with E-state index >= 15 is 4.39 Å². The Hall–Kier alpha value is -5.84. The van der Waals surface area contributed by atoms with Crippen LogP contribution in [0.15, 0.2) is 91.5 Å². The summed E-state index contributed by atoms with van der Waals surface area (Å²) in [4.78, 5) is 33.2. The third-order valence-electron chi connectivity index (χ3n) is 6.61. The molecule has 0 unspecified atom stereocenters. The Morgan fingerprint density at radius 3 is 2.51 bits per heavy atom. The molecule has 5 heterocycles. The van der Waals surface area contributed by atoms with E-state index in [-0.39, 0.29) is 28.5 Å². The lowest BCUT2D eigenvalue weighted by atomic mass is 10.1. The van der Waals surface area contributed by atoms with Crippen molar-refractivity contribution in [3.8, 4) is 33.9 Å².